The van der Waals surface area contributed by atoms with Crippen LogP contribution in [0.2, 0.25) is 0 Å². The number of aliphatic hydroxyl groups is 1. The van der Waals surface area contributed by atoms with E-state index in [2.05, 4.69) is 48.0 Å². The maximum Gasteiger partial charge on any atom is 0.0948 e. The first-order valence-corrected chi connectivity index (χ1v) is 8.17. The molecule has 124 valence electrons. The van der Waals surface area contributed by atoms with Crippen LogP contribution in [0.25, 0.3) is 0 Å². The smallest absolute Gasteiger partial charge is 0.0948 e. The Morgan fingerprint density at radius 1 is 1.27 bits per heavy atom. The molecule has 0 aliphatic carbocycles. The molecule has 0 bridgehead atoms. The van der Waals surface area contributed by atoms with Crippen LogP contribution in [-0.2, 0) is 4.74 Å². The van der Waals surface area contributed by atoms with Crippen LogP contribution in [-0.4, -0.2) is 49.6 Å². The Balaban J connectivity index is 2.12. The Labute approximate surface area is 134 Å². The normalized spacial score (nSPS) is 20.5. The van der Waals surface area contributed by atoms with Crippen molar-refractivity contribution in [3.63, 3.8) is 0 Å². The fourth-order valence-corrected chi connectivity index (χ4v) is 2.83. The van der Waals surface area contributed by atoms with Gasteiger partial charge in [-0.25, -0.2) is 0 Å². The standard InChI is InChI=1S/C18H30N2O2/c1-14-10-11-19(5)16-8-6-7-9-17(16)20(14)12-15(21)13-22-18(2,3)4/h6-9,14-15,21H,10-13H2,1-5H3/t14-,15-/m0/s1. The minimum absolute atomic E-state index is 0.219. The third kappa shape index (κ3) is 4.37. The summed E-state index contributed by atoms with van der Waals surface area (Å²) < 4.78 is 5.72. The molecule has 0 spiro atoms. The second kappa shape index (κ2) is 6.88. The molecule has 1 aliphatic heterocycles. The van der Waals surface area contributed by atoms with Crippen molar-refractivity contribution in [1.29, 1.82) is 0 Å². The average Bonchev–Trinajstić information content (AvgIpc) is 2.57. The lowest BCUT2D eigenvalue weighted by Crippen LogP contribution is -2.41. The molecule has 0 amide bonds. The van der Waals surface area contributed by atoms with E-state index in [0.29, 0.717) is 19.2 Å². The lowest BCUT2D eigenvalue weighted by Gasteiger charge is -2.33. The van der Waals surface area contributed by atoms with Gasteiger partial charge in [-0.2, -0.15) is 0 Å². The average molecular weight is 306 g/mol. The van der Waals surface area contributed by atoms with E-state index in [1.54, 1.807) is 0 Å². The number of aliphatic hydroxyl groups excluding tert-OH is 1. The van der Waals surface area contributed by atoms with Gasteiger partial charge in [0.15, 0.2) is 0 Å². The van der Waals surface area contributed by atoms with Gasteiger partial charge in [0.25, 0.3) is 0 Å². The van der Waals surface area contributed by atoms with Gasteiger partial charge in [0.05, 0.1) is 29.7 Å². The van der Waals surface area contributed by atoms with Gasteiger partial charge < -0.3 is 19.6 Å². The Bertz CT molecular complexity index is 484. The quantitative estimate of drug-likeness (QED) is 0.928. The SMILES string of the molecule is C[C@H]1CCN(C)c2ccccc2N1C[C@H](O)COC(C)(C)C. The van der Waals surface area contributed by atoms with E-state index in [0.717, 1.165) is 13.0 Å². The maximum atomic E-state index is 10.4. The van der Waals surface area contributed by atoms with Crippen molar-refractivity contribution in [3.8, 4) is 0 Å². The predicted octanol–water partition coefficient (Wildman–Crippen LogP) is 2.90. The predicted molar refractivity (Wildman–Crippen MR) is 92.8 cm³/mol. The van der Waals surface area contributed by atoms with E-state index >= 15 is 0 Å². The van der Waals surface area contributed by atoms with Crippen LogP contribution in [0.5, 0.6) is 0 Å². The van der Waals surface area contributed by atoms with Crippen molar-refractivity contribution in [2.24, 2.45) is 0 Å². The van der Waals surface area contributed by atoms with Crippen molar-refractivity contribution >= 4 is 11.4 Å². The molecule has 4 nitrogen and oxygen atoms in total. The molecular weight excluding hydrogens is 276 g/mol. The van der Waals surface area contributed by atoms with Crippen LogP contribution < -0.4 is 9.80 Å². The molecule has 0 fully saturated rings. The van der Waals surface area contributed by atoms with E-state index in [4.69, 9.17) is 4.74 Å². The molecule has 4 heteroatoms. The van der Waals surface area contributed by atoms with Gasteiger partial charge in [-0.05, 0) is 46.2 Å². The highest BCUT2D eigenvalue weighted by Gasteiger charge is 2.25. The maximum absolute atomic E-state index is 10.4. The zero-order valence-corrected chi connectivity index (χ0v) is 14.5. The van der Waals surface area contributed by atoms with Crippen LogP contribution >= 0.6 is 0 Å². The van der Waals surface area contributed by atoms with Crippen molar-refractivity contribution in [3.05, 3.63) is 24.3 Å². The fourth-order valence-electron chi connectivity index (χ4n) is 2.83. The molecule has 1 aromatic rings. The molecule has 1 aliphatic rings. The molecule has 2 rings (SSSR count). The lowest BCUT2D eigenvalue weighted by atomic mass is 10.1. The summed E-state index contributed by atoms with van der Waals surface area (Å²) in [5.41, 5.74) is 2.21. The van der Waals surface area contributed by atoms with Crippen LogP contribution in [0.4, 0.5) is 11.4 Å². The molecule has 0 saturated carbocycles. The highest BCUT2D eigenvalue weighted by atomic mass is 16.5. The lowest BCUT2D eigenvalue weighted by molar-refractivity contribution is -0.0466. The Morgan fingerprint density at radius 2 is 1.91 bits per heavy atom. The monoisotopic (exact) mass is 306 g/mol. The highest BCUT2D eigenvalue weighted by molar-refractivity contribution is 5.72. The first-order chi connectivity index (χ1) is 10.3. The van der Waals surface area contributed by atoms with E-state index in [9.17, 15) is 5.11 Å². The number of β-amino-alcohol motifs (C(OH)–C–C–N with tert-alkyl or cyclic N) is 1. The fraction of sp³-hybridized carbons (Fsp3) is 0.667. The van der Waals surface area contributed by atoms with Gasteiger partial charge >= 0.3 is 0 Å². The van der Waals surface area contributed by atoms with Gasteiger partial charge in [-0.1, -0.05) is 12.1 Å². The summed E-state index contributed by atoms with van der Waals surface area (Å²) in [7, 11) is 2.13. The number of para-hydroxylation sites is 2. The largest absolute Gasteiger partial charge is 0.389 e. The first kappa shape index (κ1) is 17.1. The van der Waals surface area contributed by atoms with Crippen LogP contribution in [0, 0.1) is 0 Å². The molecule has 2 atom stereocenters. The highest BCUT2D eigenvalue weighted by Crippen LogP contribution is 2.33. The third-order valence-electron chi connectivity index (χ3n) is 4.13. The topological polar surface area (TPSA) is 35.9 Å². The summed E-state index contributed by atoms with van der Waals surface area (Å²) in [6.07, 6.45) is 0.594. The van der Waals surface area contributed by atoms with Gasteiger partial charge in [0.1, 0.15) is 0 Å². The van der Waals surface area contributed by atoms with Crippen molar-refractivity contribution < 1.29 is 9.84 Å². The van der Waals surface area contributed by atoms with E-state index in [-0.39, 0.29) is 5.60 Å². The van der Waals surface area contributed by atoms with Gasteiger partial charge in [-0.15, -0.1) is 0 Å². The Kier molecular flexibility index (Phi) is 5.35. The number of benzene rings is 1. The number of nitrogens with zero attached hydrogens (tertiary/aromatic N) is 2. The first-order valence-electron chi connectivity index (χ1n) is 8.17. The van der Waals surface area contributed by atoms with Crippen molar-refractivity contribution in [2.75, 3.05) is 36.5 Å². The minimum Gasteiger partial charge on any atom is -0.389 e. The van der Waals surface area contributed by atoms with E-state index < -0.39 is 6.10 Å². The molecule has 0 saturated heterocycles. The third-order valence-corrected chi connectivity index (χ3v) is 4.13. The van der Waals surface area contributed by atoms with E-state index in [1.807, 2.05) is 20.8 Å². The summed E-state index contributed by atoms with van der Waals surface area (Å²) >= 11 is 0. The summed E-state index contributed by atoms with van der Waals surface area (Å²) in [5.74, 6) is 0. The number of hydrogen-bond donors (Lipinski definition) is 1. The molecule has 1 N–H and O–H groups in total. The molecule has 0 aromatic heterocycles. The summed E-state index contributed by atoms with van der Waals surface area (Å²) in [4.78, 5) is 4.61. The number of ether oxygens (including phenoxy) is 1. The molecule has 1 heterocycles. The minimum atomic E-state index is -0.488. The van der Waals surface area contributed by atoms with Crippen molar-refractivity contribution in [2.45, 2.75) is 51.9 Å². The van der Waals surface area contributed by atoms with Crippen LogP contribution in [0.1, 0.15) is 34.1 Å². The van der Waals surface area contributed by atoms with Crippen molar-refractivity contribution in [1.82, 2.24) is 0 Å². The molecule has 0 unspecified atom stereocenters. The van der Waals surface area contributed by atoms with E-state index in [1.165, 1.54) is 11.4 Å². The number of fused-ring (bicyclic) bond motifs is 1. The van der Waals surface area contributed by atoms with Gasteiger partial charge in [0, 0.05) is 26.2 Å². The number of rotatable bonds is 4. The van der Waals surface area contributed by atoms with Gasteiger partial charge in [0.2, 0.25) is 0 Å². The molecule has 22 heavy (non-hydrogen) atoms. The second-order valence-corrected chi connectivity index (χ2v) is 7.28. The Morgan fingerprint density at radius 3 is 2.55 bits per heavy atom. The summed E-state index contributed by atoms with van der Waals surface area (Å²) in [6.45, 7) is 10.3. The number of hydrogen-bond acceptors (Lipinski definition) is 4. The molecule has 0 radical (unpaired) electrons. The second-order valence-electron chi connectivity index (χ2n) is 7.28. The number of anilines is 2. The zero-order chi connectivity index (χ0) is 16.3. The zero-order valence-electron chi connectivity index (χ0n) is 14.5. The summed E-state index contributed by atoms with van der Waals surface area (Å²) in [6, 6.07) is 8.83. The molecular formula is C18H30N2O2. The van der Waals surface area contributed by atoms with Crippen LogP contribution in [0.15, 0.2) is 24.3 Å². The van der Waals surface area contributed by atoms with Crippen LogP contribution in [0.3, 0.4) is 0 Å². The Hall–Kier alpha value is -1.26. The van der Waals surface area contributed by atoms with Gasteiger partial charge in [-0.3, -0.25) is 0 Å². The molecule has 1 aromatic carbocycles. The summed E-state index contributed by atoms with van der Waals surface area (Å²) in [5, 5.41) is 10.4.